The summed E-state index contributed by atoms with van der Waals surface area (Å²) in [7, 11) is 0. The van der Waals surface area contributed by atoms with Crippen molar-refractivity contribution in [3.63, 3.8) is 0 Å². The smallest absolute Gasteiger partial charge is 0.354 e. The number of aromatic nitrogens is 2. The van der Waals surface area contributed by atoms with Gasteiger partial charge in [-0.3, -0.25) is 4.79 Å². The number of aliphatic hydroxyl groups is 1. The van der Waals surface area contributed by atoms with Crippen LogP contribution in [0.25, 0.3) is 0 Å². The Labute approximate surface area is 97.9 Å². The van der Waals surface area contributed by atoms with Gasteiger partial charge in [0.1, 0.15) is 0 Å². The summed E-state index contributed by atoms with van der Waals surface area (Å²) in [5.74, 6) is -1.76. The van der Waals surface area contributed by atoms with Gasteiger partial charge in [0.15, 0.2) is 11.4 Å². The number of H-pyrrole nitrogens is 1. The van der Waals surface area contributed by atoms with Crippen LogP contribution in [0.15, 0.2) is 6.33 Å². The first-order valence-corrected chi connectivity index (χ1v) is 5.24. The van der Waals surface area contributed by atoms with Crippen molar-refractivity contribution >= 4 is 11.9 Å². The van der Waals surface area contributed by atoms with Crippen LogP contribution in [-0.2, 0) is 0 Å². The first-order chi connectivity index (χ1) is 8.06. The summed E-state index contributed by atoms with van der Waals surface area (Å²) in [5, 5.41) is 20.1. The summed E-state index contributed by atoms with van der Waals surface area (Å²) in [6, 6.07) is -0.145. The highest BCUT2D eigenvalue weighted by molar-refractivity contribution is 6.02. The zero-order valence-electron chi connectivity index (χ0n) is 9.43. The van der Waals surface area contributed by atoms with Gasteiger partial charge in [-0.25, -0.2) is 9.78 Å². The van der Waals surface area contributed by atoms with Gasteiger partial charge in [-0.05, 0) is 19.8 Å². The number of imidazole rings is 1. The molecular formula is C10H15N3O4. The molecule has 0 saturated carbocycles. The van der Waals surface area contributed by atoms with E-state index in [0.717, 1.165) is 6.33 Å². The number of amides is 1. The van der Waals surface area contributed by atoms with Crippen LogP contribution >= 0.6 is 0 Å². The Morgan fingerprint density at radius 3 is 2.88 bits per heavy atom. The lowest BCUT2D eigenvalue weighted by molar-refractivity contribution is 0.0684. The fourth-order valence-corrected chi connectivity index (χ4v) is 1.39. The molecule has 0 saturated heterocycles. The van der Waals surface area contributed by atoms with Gasteiger partial charge in [0.2, 0.25) is 0 Å². The van der Waals surface area contributed by atoms with Crippen molar-refractivity contribution in [2.45, 2.75) is 25.8 Å². The third kappa shape index (κ3) is 3.56. The Kier molecular flexibility index (Phi) is 4.65. The van der Waals surface area contributed by atoms with Crippen LogP contribution in [0.5, 0.6) is 0 Å². The monoisotopic (exact) mass is 241 g/mol. The van der Waals surface area contributed by atoms with Crippen LogP contribution in [-0.4, -0.2) is 44.7 Å². The van der Waals surface area contributed by atoms with Crippen LogP contribution in [0.3, 0.4) is 0 Å². The molecule has 0 radical (unpaired) electrons. The number of aromatic amines is 1. The number of carbonyl (C=O) groups is 2. The average Bonchev–Trinajstić information content (AvgIpc) is 2.75. The van der Waals surface area contributed by atoms with E-state index in [2.05, 4.69) is 15.3 Å². The highest BCUT2D eigenvalue weighted by Gasteiger charge is 2.20. The van der Waals surface area contributed by atoms with Gasteiger partial charge >= 0.3 is 5.97 Å². The minimum Gasteiger partial charge on any atom is -0.477 e. The normalized spacial score (nSPS) is 12.1. The van der Waals surface area contributed by atoms with E-state index >= 15 is 0 Å². The Bertz CT molecular complexity index is 402. The van der Waals surface area contributed by atoms with Crippen molar-refractivity contribution in [1.29, 1.82) is 0 Å². The number of carboxylic acid groups (broad SMARTS) is 1. The molecule has 0 spiro atoms. The number of rotatable bonds is 6. The summed E-state index contributed by atoms with van der Waals surface area (Å²) >= 11 is 0. The van der Waals surface area contributed by atoms with Gasteiger partial charge in [0.25, 0.3) is 5.91 Å². The molecule has 94 valence electrons. The van der Waals surface area contributed by atoms with Crippen LogP contribution in [0.4, 0.5) is 0 Å². The molecule has 1 aromatic heterocycles. The molecule has 1 atom stereocenters. The van der Waals surface area contributed by atoms with E-state index in [1.807, 2.05) is 0 Å². The van der Waals surface area contributed by atoms with Crippen molar-refractivity contribution in [3.05, 3.63) is 17.7 Å². The molecule has 17 heavy (non-hydrogen) atoms. The number of aromatic carboxylic acids is 1. The molecule has 0 fully saturated rings. The minimum atomic E-state index is -1.23. The molecule has 0 aromatic carbocycles. The molecule has 0 aliphatic heterocycles. The number of carbonyl (C=O) groups excluding carboxylic acids is 1. The SMILES string of the molecule is CC(CCCO)NC(=O)c1nc[nH]c1C(=O)O. The van der Waals surface area contributed by atoms with Crippen molar-refractivity contribution in [2.24, 2.45) is 0 Å². The van der Waals surface area contributed by atoms with Crippen molar-refractivity contribution < 1.29 is 19.8 Å². The molecule has 1 unspecified atom stereocenters. The van der Waals surface area contributed by atoms with Crippen LogP contribution in [0.1, 0.15) is 40.7 Å². The highest BCUT2D eigenvalue weighted by atomic mass is 16.4. The number of aliphatic hydroxyl groups excluding tert-OH is 1. The van der Waals surface area contributed by atoms with Crippen molar-refractivity contribution in [3.8, 4) is 0 Å². The predicted octanol–water partition coefficient (Wildman–Crippen LogP) is -0.00130. The third-order valence-corrected chi connectivity index (χ3v) is 2.24. The van der Waals surface area contributed by atoms with Crippen LogP contribution < -0.4 is 5.32 Å². The van der Waals surface area contributed by atoms with Gasteiger partial charge in [0.05, 0.1) is 6.33 Å². The summed E-state index contributed by atoms with van der Waals surface area (Å²) in [5.41, 5.74) is -0.356. The van der Waals surface area contributed by atoms with E-state index in [0.29, 0.717) is 12.8 Å². The second-order valence-electron chi connectivity index (χ2n) is 3.67. The first kappa shape index (κ1) is 13.2. The van der Waals surface area contributed by atoms with Gasteiger partial charge in [-0.2, -0.15) is 0 Å². The third-order valence-electron chi connectivity index (χ3n) is 2.24. The second kappa shape index (κ2) is 6.00. The molecule has 0 bridgehead atoms. The first-order valence-electron chi connectivity index (χ1n) is 5.24. The fourth-order valence-electron chi connectivity index (χ4n) is 1.39. The molecule has 1 amide bonds. The highest BCUT2D eigenvalue weighted by Crippen LogP contribution is 2.04. The lowest BCUT2D eigenvalue weighted by Gasteiger charge is -2.12. The molecular weight excluding hydrogens is 226 g/mol. The predicted molar refractivity (Wildman–Crippen MR) is 58.8 cm³/mol. The molecule has 0 aliphatic rings. The van der Waals surface area contributed by atoms with Crippen molar-refractivity contribution in [1.82, 2.24) is 15.3 Å². The molecule has 7 nitrogen and oxygen atoms in total. The van der Waals surface area contributed by atoms with E-state index in [4.69, 9.17) is 10.2 Å². The number of carboxylic acids is 1. The van der Waals surface area contributed by atoms with Crippen LogP contribution in [0.2, 0.25) is 0 Å². The largest absolute Gasteiger partial charge is 0.477 e. The van der Waals surface area contributed by atoms with Crippen molar-refractivity contribution in [2.75, 3.05) is 6.61 Å². The summed E-state index contributed by atoms with van der Waals surface area (Å²) in [6.07, 6.45) is 2.36. The topological polar surface area (TPSA) is 115 Å². The number of hydrogen-bond acceptors (Lipinski definition) is 4. The van der Waals surface area contributed by atoms with E-state index in [1.54, 1.807) is 6.92 Å². The maximum Gasteiger partial charge on any atom is 0.354 e. The minimum absolute atomic E-state index is 0.0585. The molecule has 1 aromatic rings. The summed E-state index contributed by atoms with van der Waals surface area (Å²) in [6.45, 7) is 1.84. The lowest BCUT2D eigenvalue weighted by Crippen LogP contribution is -2.33. The van der Waals surface area contributed by atoms with Gasteiger partial charge in [0, 0.05) is 12.6 Å². The maximum absolute atomic E-state index is 11.7. The van der Waals surface area contributed by atoms with E-state index in [1.165, 1.54) is 0 Å². The quantitative estimate of drug-likeness (QED) is 0.559. The lowest BCUT2D eigenvalue weighted by atomic mass is 10.2. The van der Waals surface area contributed by atoms with E-state index < -0.39 is 11.9 Å². The Hall–Kier alpha value is -1.89. The molecule has 1 heterocycles. The Morgan fingerprint density at radius 1 is 1.59 bits per heavy atom. The van der Waals surface area contributed by atoms with Crippen LogP contribution in [0, 0.1) is 0 Å². The van der Waals surface area contributed by atoms with Gasteiger partial charge in [-0.15, -0.1) is 0 Å². The number of hydrogen-bond donors (Lipinski definition) is 4. The maximum atomic E-state index is 11.7. The average molecular weight is 241 g/mol. The van der Waals surface area contributed by atoms with Gasteiger partial charge in [-0.1, -0.05) is 0 Å². The molecule has 4 N–H and O–H groups in total. The zero-order valence-corrected chi connectivity index (χ0v) is 9.43. The fraction of sp³-hybridized carbons (Fsp3) is 0.500. The molecule has 0 aliphatic carbocycles. The summed E-state index contributed by atoms with van der Waals surface area (Å²) < 4.78 is 0. The number of nitrogens with zero attached hydrogens (tertiary/aromatic N) is 1. The second-order valence-corrected chi connectivity index (χ2v) is 3.67. The number of nitrogens with one attached hydrogen (secondary N) is 2. The standard InChI is InChI=1S/C10H15N3O4/c1-6(3-2-4-14)13-9(15)7-8(10(16)17)12-5-11-7/h5-6,14H,2-4H2,1H3,(H,11,12)(H,13,15)(H,16,17). The molecule has 7 heteroatoms. The van der Waals surface area contributed by atoms with Gasteiger partial charge < -0.3 is 20.5 Å². The zero-order chi connectivity index (χ0) is 12.8. The Balaban J connectivity index is 2.63. The summed E-state index contributed by atoms with van der Waals surface area (Å²) in [4.78, 5) is 28.5. The van der Waals surface area contributed by atoms with E-state index in [-0.39, 0.29) is 24.0 Å². The molecule has 1 rings (SSSR count). The Morgan fingerprint density at radius 2 is 2.29 bits per heavy atom. The van der Waals surface area contributed by atoms with E-state index in [9.17, 15) is 9.59 Å².